The normalized spacial score (nSPS) is 27.3. The summed E-state index contributed by atoms with van der Waals surface area (Å²) in [6.45, 7) is 4.70. The van der Waals surface area contributed by atoms with Crippen LogP contribution in [0.2, 0.25) is 0 Å². The third-order valence-electron chi connectivity index (χ3n) is 8.78. The zero-order valence-corrected chi connectivity index (χ0v) is 24.1. The molecule has 0 aromatic heterocycles. The summed E-state index contributed by atoms with van der Waals surface area (Å²) in [5.41, 5.74) is 2.94. The maximum atomic E-state index is 13.9. The van der Waals surface area contributed by atoms with Gasteiger partial charge in [0.05, 0.1) is 38.0 Å². The predicted molar refractivity (Wildman–Crippen MR) is 147 cm³/mol. The van der Waals surface area contributed by atoms with Crippen molar-refractivity contribution in [2.45, 2.75) is 76.7 Å². The molecule has 0 aromatic rings. The number of halogens is 3. The second kappa shape index (κ2) is 12.1. The molecule has 1 saturated carbocycles. The Labute approximate surface area is 239 Å². The van der Waals surface area contributed by atoms with E-state index in [-0.39, 0.29) is 42.5 Å². The fraction of sp³-hybridized carbons (Fsp3) is 0.667. The molecule has 2 aliphatic carbocycles. The number of carbonyl (C=O) groups is 2. The largest absolute Gasteiger partial charge is 0.500 e. The Bertz CT molecular complexity index is 1150. The van der Waals surface area contributed by atoms with Crippen LogP contribution in [0.4, 0.5) is 13.2 Å². The number of hydrogen-bond donors (Lipinski definition) is 2. The Morgan fingerprint density at radius 2 is 1.95 bits per heavy atom. The minimum atomic E-state index is -4.20. The van der Waals surface area contributed by atoms with Gasteiger partial charge in [0, 0.05) is 49.4 Å². The Morgan fingerprint density at radius 1 is 1.22 bits per heavy atom. The average Bonchev–Trinajstić information content (AvgIpc) is 3.63. The number of amides is 2. The molecule has 41 heavy (non-hydrogen) atoms. The lowest BCUT2D eigenvalue weighted by Gasteiger charge is -2.43. The molecule has 11 heteroatoms. The fourth-order valence-electron chi connectivity index (χ4n) is 6.55. The van der Waals surface area contributed by atoms with Crippen LogP contribution in [0.15, 0.2) is 46.6 Å². The highest BCUT2D eigenvalue weighted by atomic mass is 19.4. The summed E-state index contributed by atoms with van der Waals surface area (Å²) in [6.07, 6.45) is 5.81. The molecule has 3 unspecified atom stereocenters. The van der Waals surface area contributed by atoms with Gasteiger partial charge in [-0.05, 0) is 62.7 Å². The van der Waals surface area contributed by atoms with Crippen LogP contribution in [0.1, 0.15) is 52.4 Å². The molecule has 3 heterocycles. The van der Waals surface area contributed by atoms with Crippen molar-refractivity contribution in [3.05, 3.63) is 46.6 Å². The minimum absolute atomic E-state index is 0.0448. The number of piperidine rings is 1. The van der Waals surface area contributed by atoms with Gasteiger partial charge in [-0.25, -0.2) is 0 Å². The summed E-state index contributed by atoms with van der Waals surface area (Å²) < 4.78 is 50.4. The van der Waals surface area contributed by atoms with E-state index in [1.165, 1.54) is 12.0 Å². The molecule has 2 fully saturated rings. The Hall–Kier alpha value is -2.95. The van der Waals surface area contributed by atoms with Crippen molar-refractivity contribution in [3.63, 3.8) is 0 Å². The van der Waals surface area contributed by atoms with Gasteiger partial charge in [0.25, 0.3) is 5.91 Å². The van der Waals surface area contributed by atoms with E-state index in [9.17, 15) is 22.8 Å². The third-order valence-corrected chi connectivity index (χ3v) is 8.78. The first kappa shape index (κ1) is 29.5. The van der Waals surface area contributed by atoms with Crippen LogP contribution >= 0.6 is 0 Å². The molecular weight excluding hydrogens is 537 g/mol. The van der Waals surface area contributed by atoms with Gasteiger partial charge in [-0.1, -0.05) is 6.92 Å². The average molecular weight is 579 g/mol. The van der Waals surface area contributed by atoms with E-state index >= 15 is 0 Å². The van der Waals surface area contributed by atoms with Crippen LogP contribution in [0, 0.1) is 11.8 Å². The molecular formula is C30H41F3N4O4. The van der Waals surface area contributed by atoms with Gasteiger partial charge in [0.2, 0.25) is 5.91 Å². The van der Waals surface area contributed by atoms with Crippen molar-refractivity contribution in [2.24, 2.45) is 11.8 Å². The van der Waals surface area contributed by atoms with Gasteiger partial charge in [-0.15, -0.1) is 0 Å². The number of nitrogens with zero attached hydrogens (tertiary/aromatic N) is 2. The molecule has 2 N–H and O–H groups in total. The summed E-state index contributed by atoms with van der Waals surface area (Å²) in [7, 11) is 1.53. The van der Waals surface area contributed by atoms with Crippen LogP contribution in [0.3, 0.4) is 0 Å². The molecule has 0 radical (unpaired) electrons. The number of ether oxygens (including phenoxy) is 2. The summed E-state index contributed by atoms with van der Waals surface area (Å²) in [5, 5.41) is 5.88. The van der Waals surface area contributed by atoms with Gasteiger partial charge >= 0.3 is 6.18 Å². The van der Waals surface area contributed by atoms with Gasteiger partial charge in [-0.3, -0.25) is 14.5 Å². The van der Waals surface area contributed by atoms with Crippen molar-refractivity contribution in [3.8, 4) is 0 Å². The van der Waals surface area contributed by atoms with Crippen LogP contribution in [0.25, 0.3) is 0 Å². The summed E-state index contributed by atoms with van der Waals surface area (Å²) in [5.74, 6) is 0.375. The van der Waals surface area contributed by atoms with Crippen LogP contribution in [-0.4, -0.2) is 85.8 Å². The van der Waals surface area contributed by atoms with Crippen molar-refractivity contribution < 1.29 is 32.2 Å². The molecule has 2 amide bonds. The molecule has 0 bridgehead atoms. The maximum Gasteiger partial charge on any atom is 0.401 e. The summed E-state index contributed by atoms with van der Waals surface area (Å²) in [4.78, 5) is 30.4. The lowest BCUT2D eigenvalue weighted by atomic mass is 9.81. The topological polar surface area (TPSA) is 83.1 Å². The number of alkyl halides is 3. The van der Waals surface area contributed by atoms with E-state index in [0.717, 1.165) is 30.7 Å². The maximum absolute atomic E-state index is 13.9. The van der Waals surface area contributed by atoms with Crippen molar-refractivity contribution in [2.75, 3.05) is 39.8 Å². The minimum Gasteiger partial charge on any atom is -0.500 e. The highest BCUT2D eigenvalue weighted by Crippen LogP contribution is 2.42. The molecule has 0 aromatic carbocycles. The highest BCUT2D eigenvalue weighted by Gasteiger charge is 2.42. The molecule has 0 spiro atoms. The molecule has 5 aliphatic rings. The van der Waals surface area contributed by atoms with Crippen LogP contribution < -0.4 is 10.6 Å². The Morgan fingerprint density at radius 3 is 2.59 bits per heavy atom. The monoisotopic (exact) mass is 578 g/mol. The number of hydrogen-bond acceptors (Lipinski definition) is 6. The number of rotatable bonds is 10. The van der Waals surface area contributed by atoms with E-state index < -0.39 is 12.7 Å². The lowest BCUT2D eigenvalue weighted by Crippen LogP contribution is -2.48. The van der Waals surface area contributed by atoms with Crippen molar-refractivity contribution in [1.29, 1.82) is 0 Å². The first-order valence-corrected chi connectivity index (χ1v) is 14.8. The smallest absolute Gasteiger partial charge is 0.401 e. The van der Waals surface area contributed by atoms with Gasteiger partial charge in [-0.2, -0.15) is 13.2 Å². The fourth-order valence-corrected chi connectivity index (χ4v) is 6.55. The van der Waals surface area contributed by atoms with Crippen molar-refractivity contribution in [1.82, 2.24) is 20.4 Å². The second-order valence-corrected chi connectivity index (χ2v) is 11.8. The van der Waals surface area contributed by atoms with Gasteiger partial charge in [0.15, 0.2) is 0 Å². The number of likely N-dealkylation sites (tertiary alicyclic amines) is 1. The predicted octanol–water partition coefficient (Wildman–Crippen LogP) is 3.78. The van der Waals surface area contributed by atoms with Crippen LogP contribution in [0.5, 0.6) is 0 Å². The standard InChI is InChI=1S/C30H41F3N4O4/c1-4-21-24(37(16-19-5-6-19)20-7-10-36(11-8-20)17-30(31,32)33)14-26-22(9-12-41-26)27(21)29(39)34-15-23-25(40-3)13-18(2)35-28(23)38/h9,12,14,18-20,22,26H,4-8,10-11,13,15-17H2,1-3H3,(H,34,39)(H,35,38). The third kappa shape index (κ3) is 6.76. The van der Waals surface area contributed by atoms with E-state index in [1.807, 2.05) is 19.9 Å². The van der Waals surface area contributed by atoms with E-state index in [2.05, 4.69) is 21.6 Å². The lowest BCUT2D eigenvalue weighted by molar-refractivity contribution is -0.148. The van der Waals surface area contributed by atoms with E-state index in [4.69, 9.17) is 9.47 Å². The molecule has 1 saturated heterocycles. The number of fused-ring (bicyclic) bond motifs is 1. The number of carbonyl (C=O) groups excluding carboxylic acids is 2. The summed E-state index contributed by atoms with van der Waals surface area (Å²) in [6, 6.07) is 0.0436. The first-order valence-electron chi connectivity index (χ1n) is 14.8. The SMILES string of the molecule is CCC1=C(C(=O)NCC2=C(OC)CC(C)NC2=O)C2C=COC2C=C1N(CC1CC1)C1CCN(CC(F)(F)F)CC1. The molecule has 5 rings (SSSR count). The van der Waals surface area contributed by atoms with Gasteiger partial charge < -0.3 is 25.0 Å². The number of methoxy groups -OCH3 is 1. The Kier molecular flexibility index (Phi) is 8.73. The number of allylic oxidation sites excluding steroid dienone is 1. The second-order valence-electron chi connectivity index (χ2n) is 11.8. The molecule has 3 aliphatic heterocycles. The van der Waals surface area contributed by atoms with E-state index in [1.54, 1.807) is 6.26 Å². The Balaban J connectivity index is 1.39. The van der Waals surface area contributed by atoms with Crippen molar-refractivity contribution >= 4 is 11.8 Å². The highest BCUT2D eigenvalue weighted by molar-refractivity contribution is 5.99. The molecule has 226 valence electrons. The summed E-state index contributed by atoms with van der Waals surface area (Å²) >= 11 is 0. The molecule has 3 atom stereocenters. The number of nitrogens with one attached hydrogen (secondary N) is 2. The zero-order valence-electron chi connectivity index (χ0n) is 24.1. The first-order chi connectivity index (χ1) is 19.6. The van der Waals surface area contributed by atoms with Gasteiger partial charge in [0.1, 0.15) is 11.9 Å². The van der Waals surface area contributed by atoms with E-state index in [0.29, 0.717) is 61.6 Å². The quantitative estimate of drug-likeness (QED) is 0.411. The molecule has 8 nitrogen and oxygen atoms in total. The zero-order chi connectivity index (χ0) is 29.3. The van der Waals surface area contributed by atoms with Crippen LogP contribution in [-0.2, 0) is 19.1 Å².